The van der Waals surface area contributed by atoms with Gasteiger partial charge in [-0.25, -0.2) is 23.5 Å². The number of aromatic nitrogens is 3. The highest BCUT2D eigenvalue weighted by Gasteiger charge is 2.40. The van der Waals surface area contributed by atoms with E-state index in [1.807, 2.05) is 0 Å². The van der Waals surface area contributed by atoms with Crippen molar-refractivity contribution in [3.8, 4) is 17.3 Å². The van der Waals surface area contributed by atoms with Crippen molar-refractivity contribution in [1.82, 2.24) is 19.9 Å². The number of hydrogen-bond donors (Lipinski definition) is 1. The second-order valence-corrected chi connectivity index (χ2v) is 22.5. The van der Waals surface area contributed by atoms with E-state index in [9.17, 15) is 10.1 Å². The van der Waals surface area contributed by atoms with Gasteiger partial charge in [-0.05, 0) is 77.3 Å². The van der Waals surface area contributed by atoms with E-state index in [-0.39, 0.29) is 73.9 Å². The van der Waals surface area contributed by atoms with Gasteiger partial charge >= 0.3 is 6.09 Å². The number of anilines is 2. The van der Waals surface area contributed by atoms with Crippen LogP contribution in [0.15, 0.2) is 12.4 Å². The predicted octanol–water partition coefficient (Wildman–Crippen LogP) is 8.74. The topological polar surface area (TPSA) is 126 Å². The number of benzene rings is 1. The maximum Gasteiger partial charge on any atom is 0.412 e. The van der Waals surface area contributed by atoms with Gasteiger partial charge in [-0.2, -0.15) is 5.26 Å². The van der Waals surface area contributed by atoms with Crippen molar-refractivity contribution < 1.29 is 27.5 Å². The standard InChI is InChI=1S/C38H49F2N7O4SSi/c1-20(51-53(10,11)38(6,7)8)17-46(9)27-12-13-47(21(27)2)35-43-15-23-24-18-49-19-25(24)28(30(40)31(23)44-35)32-29-22(14-41)34(45-36(48)50-37(3,4)5)52-33(29)26(39)16-42-32/h15-16,20-21,27H,12-13,17-19H2,1-11H3,(H,45,48)/t20-,21+,27+/m1/s1. The quantitative estimate of drug-likeness (QED) is 0.174. The zero-order chi connectivity index (χ0) is 38.8. The smallest absolute Gasteiger partial charge is 0.412 e. The molecule has 5 heterocycles. The molecule has 0 saturated carbocycles. The first-order valence-electron chi connectivity index (χ1n) is 18.0. The van der Waals surface area contributed by atoms with Gasteiger partial charge in [-0.3, -0.25) is 15.2 Å². The Morgan fingerprint density at radius 2 is 1.89 bits per heavy atom. The number of fused-ring (bicyclic) bond motifs is 4. The molecule has 0 spiro atoms. The summed E-state index contributed by atoms with van der Waals surface area (Å²) < 4.78 is 50.3. The van der Waals surface area contributed by atoms with Crippen LogP contribution < -0.4 is 10.2 Å². The molecule has 284 valence electrons. The Morgan fingerprint density at radius 1 is 1.19 bits per heavy atom. The van der Waals surface area contributed by atoms with E-state index in [2.05, 4.69) is 80.9 Å². The number of likely N-dealkylation sites (N-methyl/N-ethyl adjacent to an activating group) is 1. The van der Waals surface area contributed by atoms with Gasteiger partial charge in [-0.1, -0.05) is 20.8 Å². The number of halogens is 2. The Kier molecular flexibility index (Phi) is 10.4. The van der Waals surface area contributed by atoms with Crippen molar-refractivity contribution in [3.63, 3.8) is 0 Å². The van der Waals surface area contributed by atoms with Crippen LogP contribution in [0.3, 0.4) is 0 Å². The number of thiophene rings is 1. The minimum Gasteiger partial charge on any atom is -0.444 e. The van der Waals surface area contributed by atoms with Crippen molar-refractivity contribution >= 4 is 57.7 Å². The van der Waals surface area contributed by atoms with Gasteiger partial charge in [0.2, 0.25) is 5.95 Å². The van der Waals surface area contributed by atoms with E-state index in [0.717, 1.165) is 30.5 Å². The monoisotopic (exact) mass is 765 g/mol. The van der Waals surface area contributed by atoms with Crippen molar-refractivity contribution in [2.75, 3.05) is 30.4 Å². The molecule has 1 aromatic carbocycles. The summed E-state index contributed by atoms with van der Waals surface area (Å²) in [6.07, 6.45) is 2.80. The fraction of sp³-hybridized carbons (Fsp3) is 0.553. The van der Waals surface area contributed by atoms with Crippen LogP contribution in [-0.4, -0.2) is 78.2 Å². The number of rotatable bonds is 8. The molecule has 0 bridgehead atoms. The number of amides is 1. The van der Waals surface area contributed by atoms with Crippen LogP contribution in [0.1, 0.15) is 78.5 Å². The van der Waals surface area contributed by atoms with Crippen LogP contribution in [0.4, 0.5) is 24.5 Å². The Balaban J connectivity index is 1.36. The van der Waals surface area contributed by atoms with E-state index in [4.69, 9.17) is 23.9 Å². The molecule has 6 rings (SSSR count). The molecule has 1 fully saturated rings. The van der Waals surface area contributed by atoms with Crippen LogP contribution in [0.2, 0.25) is 18.1 Å². The molecule has 15 heteroatoms. The largest absolute Gasteiger partial charge is 0.444 e. The minimum absolute atomic E-state index is 0.0380. The van der Waals surface area contributed by atoms with E-state index in [0.29, 0.717) is 29.0 Å². The third kappa shape index (κ3) is 7.36. The second-order valence-electron chi connectivity index (χ2n) is 16.7. The van der Waals surface area contributed by atoms with E-state index >= 15 is 8.78 Å². The lowest BCUT2D eigenvalue weighted by Crippen LogP contribution is -2.49. The molecule has 11 nitrogen and oxygen atoms in total. The number of carbonyl (C=O) groups excluding carboxylic acids is 1. The summed E-state index contributed by atoms with van der Waals surface area (Å²) in [5, 5.41) is 13.7. The molecular formula is C38H49F2N7O4SSi. The zero-order valence-corrected chi connectivity index (χ0v) is 34.2. The van der Waals surface area contributed by atoms with Gasteiger partial charge in [0, 0.05) is 47.7 Å². The van der Waals surface area contributed by atoms with Crippen molar-refractivity contribution in [2.45, 2.75) is 117 Å². The third-order valence-corrected chi connectivity index (χ3v) is 16.4. The maximum absolute atomic E-state index is 17.1. The summed E-state index contributed by atoms with van der Waals surface area (Å²) in [7, 11) is 0.198. The first-order valence-corrected chi connectivity index (χ1v) is 21.7. The Hall–Kier alpha value is -3.81. The summed E-state index contributed by atoms with van der Waals surface area (Å²) in [6, 6.07) is 2.32. The van der Waals surface area contributed by atoms with Crippen LogP contribution in [-0.2, 0) is 27.1 Å². The van der Waals surface area contributed by atoms with Crippen LogP contribution in [0.5, 0.6) is 0 Å². The highest BCUT2D eigenvalue weighted by atomic mass is 32.1. The minimum atomic E-state index is -1.92. The number of ether oxygens (including phenoxy) is 2. The number of carbonyl (C=O) groups is 1. The maximum atomic E-state index is 17.1. The fourth-order valence-corrected chi connectivity index (χ4v) is 9.67. The molecule has 4 aromatic rings. The van der Waals surface area contributed by atoms with Crippen molar-refractivity contribution in [3.05, 3.63) is 40.7 Å². The van der Waals surface area contributed by atoms with Crippen LogP contribution in [0.25, 0.3) is 32.2 Å². The third-order valence-electron chi connectivity index (χ3n) is 10.7. The van der Waals surface area contributed by atoms with E-state index in [1.54, 1.807) is 27.0 Å². The van der Waals surface area contributed by atoms with Gasteiger partial charge < -0.3 is 18.8 Å². The first-order chi connectivity index (χ1) is 24.7. The van der Waals surface area contributed by atoms with Gasteiger partial charge in [0.1, 0.15) is 22.2 Å². The summed E-state index contributed by atoms with van der Waals surface area (Å²) in [4.78, 5) is 31.0. The molecule has 1 saturated heterocycles. The zero-order valence-electron chi connectivity index (χ0n) is 32.4. The van der Waals surface area contributed by atoms with E-state index in [1.165, 1.54) is 0 Å². The number of hydrogen-bond acceptors (Lipinski definition) is 11. The summed E-state index contributed by atoms with van der Waals surface area (Å²) in [6.45, 7) is 22.4. The number of nitrogens with one attached hydrogen (secondary N) is 1. The molecular weight excluding hydrogens is 717 g/mol. The fourth-order valence-electron chi connectivity index (χ4n) is 7.19. The molecule has 2 aliphatic rings. The molecule has 2 aliphatic heterocycles. The molecule has 0 aliphatic carbocycles. The van der Waals surface area contributed by atoms with Crippen LogP contribution >= 0.6 is 11.3 Å². The second kappa shape index (κ2) is 14.1. The van der Waals surface area contributed by atoms with Gasteiger partial charge in [0.25, 0.3) is 0 Å². The average Bonchev–Trinajstić information content (AvgIpc) is 3.77. The highest BCUT2D eigenvalue weighted by Crippen LogP contribution is 2.46. The van der Waals surface area contributed by atoms with E-state index < -0.39 is 31.6 Å². The highest BCUT2D eigenvalue weighted by molar-refractivity contribution is 7.23. The molecule has 53 heavy (non-hydrogen) atoms. The molecule has 0 unspecified atom stereocenters. The molecule has 3 atom stereocenters. The van der Waals surface area contributed by atoms with Crippen molar-refractivity contribution in [1.29, 1.82) is 5.26 Å². The van der Waals surface area contributed by atoms with Crippen molar-refractivity contribution in [2.24, 2.45) is 0 Å². The van der Waals surface area contributed by atoms with Gasteiger partial charge in [0.05, 0.1) is 41.5 Å². The lowest BCUT2D eigenvalue weighted by molar-refractivity contribution is 0.0636. The SMILES string of the molecule is C[C@H](CN(C)[C@H]1CCN(c2ncc3c4c(c(-c5ncc(F)c6sc(NC(=O)OC(C)(C)C)c(C#N)c56)c(F)c3n2)COC4)[C@H]1C)O[Si](C)(C)C(C)(C)C. The Bertz CT molecular complexity index is 2120. The molecule has 1 amide bonds. The molecule has 3 aromatic heterocycles. The van der Waals surface area contributed by atoms with Gasteiger partial charge in [0.15, 0.2) is 20.0 Å². The lowest BCUT2D eigenvalue weighted by atomic mass is 9.94. The molecule has 1 N–H and O–H groups in total. The van der Waals surface area contributed by atoms with Crippen LogP contribution in [0, 0.1) is 23.0 Å². The lowest BCUT2D eigenvalue weighted by Gasteiger charge is -2.40. The Morgan fingerprint density at radius 3 is 2.55 bits per heavy atom. The number of pyridine rings is 1. The summed E-state index contributed by atoms with van der Waals surface area (Å²) >= 11 is 0.864. The normalized spacial score (nSPS) is 18.5. The number of nitriles is 1. The number of nitrogens with zero attached hydrogens (tertiary/aromatic N) is 6. The Labute approximate surface area is 314 Å². The first kappa shape index (κ1) is 38.9. The summed E-state index contributed by atoms with van der Waals surface area (Å²) in [5.74, 6) is -0.962. The predicted molar refractivity (Wildman–Crippen MR) is 207 cm³/mol. The average molecular weight is 766 g/mol. The van der Waals surface area contributed by atoms with Gasteiger partial charge in [-0.15, -0.1) is 11.3 Å². The summed E-state index contributed by atoms with van der Waals surface area (Å²) in [5.41, 5.74) is 0.648. The molecule has 0 radical (unpaired) electrons.